The van der Waals surface area contributed by atoms with Crippen molar-refractivity contribution in [3.63, 3.8) is 0 Å². The van der Waals surface area contributed by atoms with Crippen LogP contribution in [-0.2, 0) is 0 Å². The number of hydrogen-bond donors (Lipinski definition) is 1. The van der Waals surface area contributed by atoms with E-state index in [1.54, 1.807) is 6.92 Å². The summed E-state index contributed by atoms with van der Waals surface area (Å²) in [6.07, 6.45) is -2.86. The minimum Gasteiger partial charge on any atom is -0.328 e. The molecule has 1 aliphatic carbocycles. The predicted octanol–water partition coefficient (Wildman–Crippen LogP) is 2.99. The lowest BCUT2D eigenvalue weighted by Crippen LogP contribution is -2.46. The fourth-order valence-electron chi connectivity index (χ4n) is 2.75. The third-order valence-corrected chi connectivity index (χ3v) is 3.60. The van der Waals surface area contributed by atoms with E-state index in [1.165, 1.54) is 0 Å². The van der Waals surface area contributed by atoms with E-state index >= 15 is 0 Å². The minimum atomic E-state index is -4.18. The van der Waals surface area contributed by atoms with Gasteiger partial charge in [-0.3, -0.25) is 0 Å². The largest absolute Gasteiger partial charge is 0.392 e. The van der Waals surface area contributed by atoms with Gasteiger partial charge in [-0.15, -0.1) is 0 Å². The zero-order chi connectivity index (χ0) is 12.4. The first-order chi connectivity index (χ1) is 7.29. The summed E-state index contributed by atoms with van der Waals surface area (Å²) in [4.78, 5) is 0. The predicted molar refractivity (Wildman–Crippen MR) is 54.3 cm³/mol. The molecule has 1 aliphatic rings. The van der Waals surface area contributed by atoms with Gasteiger partial charge >= 0.3 is 6.18 Å². The molecule has 1 fully saturated rings. The Morgan fingerprint density at radius 1 is 1.44 bits per heavy atom. The van der Waals surface area contributed by atoms with E-state index in [9.17, 15) is 13.2 Å². The van der Waals surface area contributed by atoms with Gasteiger partial charge in [0.1, 0.15) is 0 Å². The Kier molecular flexibility index (Phi) is 3.84. The maximum absolute atomic E-state index is 12.9. The lowest BCUT2D eigenvalue weighted by Gasteiger charge is -2.44. The Morgan fingerprint density at radius 2 is 2.06 bits per heavy atom. The summed E-state index contributed by atoms with van der Waals surface area (Å²) in [6, 6.07) is 1.75. The number of halogens is 3. The molecule has 92 valence electrons. The third-order valence-electron chi connectivity index (χ3n) is 3.60. The molecule has 1 rings (SSSR count). The molecule has 3 atom stereocenters. The number of nitrogens with zero attached hydrogens (tertiary/aromatic N) is 1. The summed E-state index contributed by atoms with van der Waals surface area (Å²) in [7, 11) is 0. The highest BCUT2D eigenvalue weighted by Crippen LogP contribution is 2.51. The molecule has 0 bridgehead atoms. The maximum atomic E-state index is 12.9. The van der Waals surface area contributed by atoms with Crippen molar-refractivity contribution in [3.05, 3.63) is 0 Å². The van der Waals surface area contributed by atoms with Crippen molar-refractivity contribution in [2.45, 2.75) is 51.2 Å². The van der Waals surface area contributed by atoms with Gasteiger partial charge in [0.15, 0.2) is 0 Å². The first kappa shape index (κ1) is 13.3. The first-order valence-electron chi connectivity index (χ1n) is 5.49. The zero-order valence-corrected chi connectivity index (χ0v) is 9.35. The fraction of sp³-hybridized carbons (Fsp3) is 0.909. The van der Waals surface area contributed by atoms with Crippen LogP contribution in [0.25, 0.3) is 0 Å². The number of rotatable bonds is 2. The topological polar surface area (TPSA) is 49.8 Å². The van der Waals surface area contributed by atoms with E-state index in [0.717, 1.165) is 0 Å². The Labute approximate surface area is 93.6 Å². The highest BCUT2D eigenvalue weighted by atomic mass is 19.4. The molecule has 0 amide bonds. The van der Waals surface area contributed by atoms with Crippen molar-refractivity contribution in [1.29, 1.82) is 5.26 Å². The van der Waals surface area contributed by atoms with E-state index in [0.29, 0.717) is 12.8 Å². The van der Waals surface area contributed by atoms with Gasteiger partial charge in [0.25, 0.3) is 0 Å². The third kappa shape index (κ3) is 2.88. The molecule has 16 heavy (non-hydrogen) atoms. The molecule has 0 saturated heterocycles. The van der Waals surface area contributed by atoms with E-state index < -0.39 is 17.5 Å². The van der Waals surface area contributed by atoms with Gasteiger partial charge in [0.05, 0.1) is 12.0 Å². The second kappa shape index (κ2) is 4.62. The van der Waals surface area contributed by atoms with Gasteiger partial charge in [-0.1, -0.05) is 6.92 Å². The van der Waals surface area contributed by atoms with Crippen molar-refractivity contribution < 1.29 is 13.2 Å². The Bertz CT molecular complexity index is 282. The molecule has 0 aromatic heterocycles. The summed E-state index contributed by atoms with van der Waals surface area (Å²) >= 11 is 0. The average molecular weight is 234 g/mol. The Hall–Kier alpha value is -0.760. The minimum absolute atomic E-state index is 0.0899. The molecule has 0 aliphatic heterocycles. The van der Waals surface area contributed by atoms with Crippen LogP contribution in [0.4, 0.5) is 13.2 Å². The van der Waals surface area contributed by atoms with Crippen LogP contribution >= 0.6 is 0 Å². The number of nitrogens with two attached hydrogens (primary N) is 1. The van der Waals surface area contributed by atoms with Crippen molar-refractivity contribution >= 4 is 0 Å². The average Bonchev–Trinajstić information content (AvgIpc) is 2.12. The van der Waals surface area contributed by atoms with Gasteiger partial charge in [0.2, 0.25) is 0 Å². The zero-order valence-electron chi connectivity index (χ0n) is 9.35. The van der Waals surface area contributed by atoms with Crippen molar-refractivity contribution in [3.8, 4) is 6.07 Å². The van der Waals surface area contributed by atoms with Crippen LogP contribution in [0.5, 0.6) is 0 Å². The molecule has 0 spiro atoms. The van der Waals surface area contributed by atoms with Crippen molar-refractivity contribution in [2.75, 3.05) is 0 Å². The van der Waals surface area contributed by atoms with Crippen LogP contribution in [0, 0.1) is 22.7 Å². The SMILES string of the molecule is CC1(CCC#N)CC(N)CCC1C(F)(F)F. The van der Waals surface area contributed by atoms with Gasteiger partial charge in [-0.05, 0) is 31.1 Å². The highest BCUT2D eigenvalue weighted by Gasteiger charge is 2.52. The van der Waals surface area contributed by atoms with Gasteiger partial charge in [-0.25, -0.2) is 0 Å². The van der Waals surface area contributed by atoms with Gasteiger partial charge in [-0.2, -0.15) is 18.4 Å². The summed E-state index contributed by atoms with van der Waals surface area (Å²) < 4.78 is 38.6. The molecule has 0 aromatic carbocycles. The van der Waals surface area contributed by atoms with Gasteiger partial charge in [0, 0.05) is 12.5 Å². The molecular formula is C11H17F3N2. The normalized spacial score (nSPS) is 35.8. The monoisotopic (exact) mass is 234 g/mol. The van der Waals surface area contributed by atoms with Crippen LogP contribution in [0.15, 0.2) is 0 Å². The second-order valence-electron chi connectivity index (χ2n) is 4.95. The molecule has 2 nitrogen and oxygen atoms in total. The lowest BCUT2D eigenvalue weighted by atomic mass is 9.63. The second-order valence-corrected chi connectivity index (χ2v) is 4.95. The molecule has 3 unspecified atom stereocenters. The van der Waals surface area contributed by atoms with Crippen molar-refractivity contribution in [2.24, 2.45) is 17.1 Å². The molecule has 2 N–H and O–H groups in total. The van der Waals surface area contributed by atoms with E-state index in [1.807, 2.05) is 6.07 Å². The molecule has 0 radical (unpaired) electrons. The van der Waals surface area contributed by atoms with E-state index in [2.05, 4.69) is 0 Å². The molecule has 0 heterocycles. The molecular weight excluding hydrogens is 217 g/mol. The summed E-state index contributed by atoms with van der Waals surface area (Å²) in [5.41, 5.74) is 4.87. The summed E-state index contributed by atoms with van der Waals surface area (Å²) in [5.74, 6) is -1.31. The highest BCUT2D eigenvalue weighted by molar-refractivity contribution is 4.95. The maximum Gasteiger partial charge on any atom is 0.392 e. The Morgan fingerprint density at radius 3 is 2.56 bits per heavy atom. The number of nitriles is 1. The van der Waals surface area contributed by atoms with E-state index in [4.69, 9.17) is 11.0 Å². The Balaban J connectivity index is 2.84. The first-order valence-corrected chi connectivity index (χ1v) is 5.49. The van der Waals surface area contributed by atoms with Crippen molar-refractivity contribution in [1.82, 2.24) is 0 Å². The molecule has 0 aromatic rings. The van der Waals surface area contributed by atoms with Gasteiger partial charge < -0.3 is 5.73 Å². The van der Waals surface area contributed by atoms with Crippen LogP contribution in [0.1, 0.15) is 39.0 Å². The van der Waals surface area contributed by atoms with Crippen LogP contribution < -0.4 is 5.73 Å². The molecule has 5 heteroatoms. The van der Waals surface area contributed by atoms with Crippen LogP contribution in [-0.4, -0.2) is 12.2 Å². The standard InChI is InChI=1S/C11H17F3N2/c1-10(5-2-6-15)7-8(16)3-4-9(10)11(12,13)14/h8-9H,2-5,7,16H2,1H3. The van der Waals surface area contributed by atoms with E-state index in [-0.39, 0.29) is 25.3 Å². The lowest BCUT2D eigenvalue weighted by molar-refractivity contribution is -0.216. The number of hydrogen-bond acceptors (Lipinski definition) is 2. The smallest absolute Gasteiger partial charge is 0.328 e. The quantitative estimate of drug-likeness (QED) is 0.798. The van der Waals surface area contributed by atoms with Crippen LogP contribution in [0.3, 0.4) is 0 Å². The summed E-state index contributed by atoms with van der Waals surface area (Å²) in [6.45, 7) is 1.61. The number of alkyl halides is 3. The van der Waals surface area contributed by atoms with Crippen LogP contribution in [0.2, 0.25) is 0 Å². The summed E-state index contributed by atoms with van der Waals surface area (Å²) in [5, 5.41) is 8.50. The molecule has 1 saturated carbocycles. The fourth-order valence-corrected chi connectivity index (χ4v) is 2.75.